The number of fused-ring (bicyclic) bond motifs is 1. The highest BCUT2D eigenvalue weighted by atomic mass is 32.1. The van der Waals surface area contributed by atoms with Crippen LogP contribution in [0, 0.1) is 0 Å². The molecule has 0 saturated carbocycles. The van der Waals surface area contributed by atoms with Crippen molar-refractivity contribution in [1.82, 2.24) is 20.9 Å². The van der Waals surface area contributed by atoms with Gasteiger partial charge in [-0.1, -0.05) is 30.3 Å². The average Bonchev–Trinajstić information content (AvgIpc) is 3.36. The summed E-state index contributed by atoms with van der Waals surface area (Å²) < 4.78 is 0. The number of phenols is 1. The number of nitrogens with two attached hydrogens (primary N) is 1. The maximum Gasteiger partial charge on any atom is 0.326 e. The van der Waals surface area contributed by atoms with Crippen LogP contribution in [0.15, 0.2) is 54.7 Å². The van der Waals surface area contributed by atoms with Crippen LogP contribution in [0.1, 0.15) is 24.0 Å². The lowest BCUT2D eigenvalue weighted by molar-refractivity contribution is -0.143. The minimum Gasteiger partial charge on any atom is -0.508 e. The van der Waals surface area contributed by atoms with Gasteiger partial charge in [0.2, 0.25) is 17.7 Å². The summed E-state index contributed by atoms with van der Waals surface area (Å²) >= 11 is 4.09. The van der Waals surface area contributed by atoms with Crippen molar-refractivity contribution in [3.8, 4) is 5.75 Å². The van der Waals surface area contributed by atoms with Gasteiger partial charge < -0.3 is 42.0 Å². The quantitative estimate of drug-likeness (QED) is 0.110. The van der Waals surface area contributed by atoms with Crippen LogP contribution in [0.3, 0.4) is 0 Å². The minimum atomic E-state index is -1.50. The van der Waals surface area contributed by atoms with Crippen molar-refractivity contribution in [1.29, 1.82) is 0 Å². The highest BCUT2D eigenvalue weighted by Gasteiger charge is 2.30. The monoisotopic (exact) mass is 599 g/mol. The predicted molar refractivity (Wildman–Crippen MR) is 156 cm³/mol. The third-order valence-electron chi connectivity index (χ3n) is 6.54. The number of amides is 3. The average molecular weight is 600 g/mol. The lowest BCUT2D eigenvalue weighted by Gasteiger charge is -2.24. The Morgan fingerprint density at radius 1 is 0.833 bits per heavy atom. The zero-order valence-electron chi connectivity index (χ0n) is 22.4. The molecule has 0 aliphatic heterocycles. The highest BCUT2D eigenvalue weighted by molar-refractivity contribution is 7.80. The molecule has 1 heterocycles. The standard InChI is InChI=1S/C28H33N5O8S/c29-19(12-16-13-30-20-4-2-1-3-18(16)20)25(37)32-22(11-15-5-7-17(34)8-6-15)26(38)33-23(14-42)27(39)31-21(28(40)41)9-10-24(35)36/h1-8,13,19,21-23,30,34,42H,9-12,14,29H2,(H,31,39)(H,32,37)(H,33,38)(H,35,36)(H,40,41). The number of carbonyl (C=O) groups excluding carboxylic acids is 3. The van der Waals surface area contributed by atoms with Gasteiger partial charge in [0.25, 0.3) is 0 Å². The summed E-state index contributed by atoms with van der Waals surface area (Å²) in [5, 5.41) is 36.0. The maximum absolute atomic E-state index is 13.3. The van der Waals surface area contributed by atoms with E-state index in [9.17, 15) is 34.2 Å². The van der Waals surface area contributed by atoms with Crippen molar-refractivity contribution < 1.29 is 39.3 Å². The molecule has 42 heavy (non-hydrogen) atoms. The Balaban J connectivity index is 1.73. The Morgan fingerprint density at radius 3 is 2.10 bits per heavy atom. The summed E-state index contributed by atoms with van der Waals surface area (Å²) in [6, 6.07) is 8.47. The molecule has 4 atom stereocenters. The van der Waals surface area contributed by atoms with Crippen LogP contribution in [0.25, 0.3) is 10.9 Å². The molecule has 3 aromatic rings. The molecule has 0 bridgehead atoms. The molecule has 4 unspecified atom stereocenters. The van der Waals surface area contributed by atoms with Gasteiger partial charge in [0.15, 0.2) is 0 Å². The summed E-state index contributed by atoms with van der Waals surface area (Å²) in [7, 11) is 0. The van der Waals surface area contributed by atoms with Crippen LogP contribution in [0.4, 0.5) is 0 Å². The molecule has 3 amide bonds. The summed E-state index contributed by atoms with van der Waals surface area (Å²) in [4.78, 5) is 64.7. The van der Waals surface area contributed by atoms with E-state index in [0.717, 1.165) is 16.5 Å². The van der Waals surface area contributed by atoms with Gasteiger partial charge in [0.1, 0.15) is 23.9 Å². The topological polar surface area (TPSA) is 224 Å². The fourth-order valence-electron chi connectivity index (χ4n) is 4.25. The highest BCUT2D eigenvalue weighted by Crippen LogP contribution is 2.19. The number of aliphatic carboxylic acids is 2. The zero-order valence-corrected chi connectivity index (χ0v) is 23.3. The molecule has 13 nitrogen and oxygen atoms in total. The number of aromatic hydroxyl groups is 1. The fraction of sp³-hybridized carbons (Fsp3) is 0.321. The number of thiol groups is 1. The Hall–Kier alpha value is -4.56. The van der Waals surface area contributed by atoms with E-state index in [0.29, 0.717) is 5.56 Å². The molecule has 0 aliphatic carbocycles. The van der Waals surface area contributed by atoms with Crippen LogP contribution >= 0.6 is 12.6 Å². The van der Waals surface area contributed by atoms with Crippen LogP contribution in [0.2, 0.25) is 0 Å². The third kappa shape index (κ3) is 8.97. The van der Waals surface area contributed by atoms with Gasteiger partial charge in [-0.2, -0.15) is 12.6 Å². The molecule has 0 radical (unpaired) electrons. The summed E-state index contributed by atoms with van der Waals surface area (Å²) in [6.07, 6.45) is 1.06. The number of carbonyl (C=O) groups is 5. The number of nitrogens with one attached hydrogen (secondary N) is 4. The number of H-pyrrole nitrogens is 1. The SMILES string of the molecule is NC(Cc1c[nH]c2ccccc12)C(=O)NC(Cc1ccc(O)cc1)C(=O)NC(CS)C(=O)NC(CCC(=O)O)C(=O)O. The second-order valence-corrected chi connectivity index (χ2v) is 10.0. The number of hydrogen-bond acceptors (Lipinski definition) is 8. The lowest BCUT2D eigenvalue weighted by atomic mass is 10.0. The molecule has 14 heteroatoms. The van der Waals surface area contributed by atoms with Gasteiger partial charge in [0, 0.05) is 35.7 Å². The van der Waals surface area contributed by atoms with E-state index in [1.165, 1.54) is 12.1 Å². The number of carboxylic acid groups (broad SMARTS) is 2. The normalized spacial score (nSPS) is 13.9. The minimum absolute atomic E-state index is 0.00669. The van der Waals surface area contributed by atoms with Crippen LogP contribution in [-0.4, -0.2) is 79.9 Å². The van der Waals surface area contributed by atoms with Gasteiger partial charge in [-0.3, -0.25) is 19.2 Å². The molecule has 2 aromatic carbocycles. The van der Waals surface area contributed by atoms with Gasteiger partial charge in [-0.25, -0.2) is 4.79 Å². The molecular formula is C28H33N5O8S. The lowest BCUT2D eigenvalue weighted by Crippen LogP contribution is -2.58. The molecule has 3 rings (SSSR count). The molecular weight excluding hydrogens is 566 g/mol. The van der Waals surface area contributed by atoms with Crippen molar-refractivity contribution in [2.24, 2.45) is 5.73 Å². The van der Waals surface area contributed by atoms with Gasteiger partial charge in [0.05, 0.1) is 6.04 Å². The number of benzene rings is 2. The fourth-order valence-corrected chi connectivity index (χ4v) is 4.51. The van der Waals surface area contributed by atoms with E-state index in [2.05, 4.69) is 33.6 Å². The number of carboxylic acids is 2. The number of aromatic nitrogens is 1. The van der Waals surface area contributed by atoms with E-state index in [1.807, 2.05) is 24.3 Å². The zero-order chi connectivity index (χ0) is 30.8. The van der Waals surface area contributed by atoms with Gasteiger partial charge in [-0.05, 0) is 42.2 Å². The van der Waals surface area contributed by atoms with E-state index in [-0.39, 0.29) is 30.8 Å². The first-order valence-corrected chi connectivity index (χ1v) is 13.7. The Morgan fingerprint density at radius 2 is 1.45 bits per heavy atom. The molecule has 1 aromatic heterocycles. The third-order valence-corrected chi connectivity index (χ3v) is 6.90. The summed E-state index contributed by atoms with van der Waals surface area (Å²) in [5.41, 5.74) is 8.49. The first-order valence-electron chi connectivity index (χ1n) is 13.0. The number of aromatic amines is 1. The van der Waals surface area contributed by atoms with E-state index < -0.39 is 60.2 Å². The summed E-state index contributed by atoms with van der Waals surface area (Å²) in [5.74, 6) is -5.15. The number of hydrogen-bond donors (Lipinski definition) is 9. The van der Waals surface area contributed by atoms with Crippen LogP contribution in [0.5, 0.6) is 5.75 Å². The van der Waals surface area contributed by atoms with E-state index in [1.54, 1.807) is 18.3 Å². The largest absolute Gasteiger partial charge is 0.508 e. The van der Waals surface area contributed by atoms with Crippen molar-refractivity contribution >= 4 is 53.2 Å². The van der Waals surface area contributed by atoms with Crippen molar-refractivity contribution in [2.45, 2.75) is 49.9 Å². The smallest absolute Gasteiger partial charge is 0.326 e. The van der Waals surface area contributed by atoms with Crippen molar-refractivity contribution in [3.05, 3.63) is 65.9 Å². The Kier molecular flexibility index (Phi) is 11.3. The predicted octanol–water partition coefficient (Wildman–Crippen LogP) is 0.320. The van der Waals surface area contributed by atoms with Crippen LogP contribution < -0.4 is 21.7 Å². The molecule has 0 saturated heterocycles. The molecule has 224 valence electrons. The van der Waals surface area contributed by atoms with Crippen LogP contribution in [-0.2, 0) is 36.8 Å². The Labute approximate surface area is 246 Å². The van der Waals surface area contributed by atoms with Gasteiger partial charge in [-0.15, -0.1) is 0 Å². The molecule has 0 aliphatic rings. The van der Waals surface area contributed by atoms with E-state index >= 15 is 0 Å². The molecule has 9 N–H and O–H groups in total. The van der Waals surface area contributed by atoms with E-state index in [4.69, 9.17) is 10.8 Å². The van der Waals surface area contributed by atoms with Gasteiger partial charge >= 0.3 is 11.9 Å². The number of rotatable bonds is 15. The first kappa shape index (κ1) is 32.0. The number of para-hydroxylation sites is 1. The second kappa shape index (κ2) is 14.9. The van der Waals surface area contributed by atoms with Crippen molar-refractivity contribution in [2.75, 3.05) is 5.75 Å². The maximum atomic E-state index is 13.3. The molecule has 0 fully saturated rings. The summed E-state index contributed by atoms with van der Waals surface area (Å²) in [6.45, 7) is 0. The van der Waals surface area contributed by atoms with Crippen molar-refractivity contribution in [3.63, 3.8) is 0 Å². The number of phenolic OH excluding ortho intramolecular Hbond substituents is 1. The molecule has 0 spiro atoms. The first-order chi connectivity index (χ1) is 20.0. The second-order valence-electron chi connectivity index (χ2n) is 9.68. The Bertz CT molecular complexity index is 1430.